The molecule has 0 unspecified atom stereocenters. The highest BCUT2D eigenvalue weighted by Crippen LogP contribution is 2.29. The average Bonchev–Trinajstić information content (AvgIpc) is 2.57. The van der Waals surface area contributed by atoms with E-state index in [0.29, 0.717) is 12.0 Å². The molecule has 0 aromatic heterocycles. The minimum atomic E-state index is -0.383. The van der Waals surface area contributed by atoms with Gasteiger partial charge in [0.05, 0.1) is 6.54 Å². The molecule has 1 aromatic carbocycles. The minimum absolute atomic E-state index is 0.0784. The van der Waals surface area contributed by atoms with Gasteiger partial charge in [0.25, 0.3) is 11.8 Å². The predicted molar refractivity (Wildman–Crippen MR) is 74.3 cm³/mol. The largest absolute Gasteiger partial charge is 0.273 e. The lowest BCUT2D eigenvalue weighted by Crippen LogP contribution is -2.31. The Hall–Kier alpha value is -1.61. The van der Waals surface area contributed by atoms with Gasteiger partial charge in [-0.05, 0) is 17.9 Å². The number of carbonyl (C=O) groups excluding carboxylic acids is 2. The summed E-state index contributed by atoms with van der Waals surface area (Å²) in [5.41, 5.74) is 1.36. The molecule has 19 heavy (non-hydrogen) atoms. The van der Waals surface area contributed by atoms with E-state index in [1.165, 1.54) is 4.90 Å². The van der Waals surface area contributed by atoms with Crippen molar-refractivity contribution in [1.82, 2.24) is 4.90 Å². The van der Waals surface area contributed by atoms with E-state index in [1.54, 1.807) is 0 Å². The molecule has 0 aliphatic carbocycles. The Balaban J connectivity index is 2.18. The second-order valence-electron chi connectivity index (χ2n) is 5.07. The number of amides is 2. The van der Waals surface area contributed by atoms with E-state index >= 15 is 0 Å². The first-order valence-electron chi connectivity index (χ1n) is 6.29. The van der Waals surface area contributed by atoms with Crippen molar-refractivity contribution in [2.75, 3.05) is 0 Å². The Morgan fingerprint density at radius 2 is 1.74 bits per heavy atom. The Kier molecular flexibility index (Phi) is 4.05. The molecular weight excluding hydrogens is 262 g/mol. The standard InChI is InChI=1S/C15H16ClNO2/c1-10(2)8-12-13(16)15(19)17(14(12)18)9-11-6-4-3-5-7-11/h3-7,10H,8-9H2,1-2H3. The summed E-state index contributed by atoms with van der Waals surface area (Å²) in [6.45, 7) is 4.26. The third-order valence-electron chi connectivity index (χ3n) is 3.00. The lowest BCUT2D eigenvalue weighted by atomic mass is 10.0. The molecule has 0 saturated carbocycles. The number of rotatable bonds is 4. The van der Waals surface area contributed by atoms with Crippen LogP contribution in [-0.2, 0) is 16.1 Å². The van der Waals surface area contributed by atoms with Gasteiger partial charge in [-0.3, -0.25) is 14.5 Å². The van der Waals surface area contributed by atoms with Crippen LogP contribution in [0.1, 0.15) is 25.8 Å². The van der Waals surface area contributed by atoms with Gasteiger partial charge < -0.3 is 0 Å². The van der Waals surface area contributed by atoms with Crippen molar-refractivity contribution in [1.29, 1.82) is 0 Å². The zero-order chi connectivity index (χ0) is 14.0. The van der Waals surface area contributed by atoms with Gasteiger partial charge in [0.15, 0.2) is 0 Å². The summed E-state index contributed by atoms with van der Waals surface area (Å²) in [6, 6.07) is 9.42. The number of benzene rings is 1. The summed E-state index contributed by atoms with van der Waals surface area (Å²) < 4.78 is 0. The van der Waals surface area contributed by atoms with Crippen LogP contribution in [0.5, 0.6) is 0 Å². The maximum Gasteiger partial charge on any atom is 0.273 e. The zero-order valence-electron chi connectivity index (χ0n) is 11.0. The van der Waals surface area contributed by atoms with E-state index in [0.717, 1.165) is 5.56 Å². The van der Waals surface area contributed by atoms with E-state index in [9.17, 15) is 9.59 Å². The lowest BCUT2D eigenvalue weighted by molar-refractivity contribution is -0.138. The summed E-state index contributed by atoms with van der Waals surface area (Å²) >= 11 is 6.00. The normalized spacial score (nSPS) is 15.9. The van der Waals surface area contributed by atoms with Crippen LogP contribution in [0, 0.1) is 5.92 Å². The van der Waals surface area contributed by atoms with Crippen molar-refractivity contribution in [3.63, 3.8) is 0 Å². The molecule has 0 fully saturated rings. The van der Waals surface area contributed by atoms with E-state index in [2.05, 4.69) is 0 Å². The minimum Gasteiger partial charge on any atom is -0.269 e. The van der Waals surface area contributed by atoms with Crippen molar-refractivity contribution in [3.05, 3.63) is 46.5 Å². The predicted octanol–water partition coefficient (Wildman–Crippen LogP) is 3.09. The number of nitrogens with zero attached hydrogens (tertiary/aromatic N) is 1. The van der Waals surface area contributed by atoms with Crippen LogP contribution in [0.4, 0.5) is 0 Å². The fraction of sp³-hybridized carbons (Fsp3) is 0.333. The van der Waals surface area contributed by atoms with Gasteiger partial charge in [0.1, 0.15) is 5.03 Å². The second kappa shape index (κ2) is 5.57. The molecular formula is C15H16ClNO2. The number of hydrogen-bond acceptors (Lipinski definition) is 2. The van der Waals surface area contributed by atoms with Crippen molar-refractivity contribution in [2.45, 2.75) is 26.8 Å². The molecule has 0 radical (unpaired) electrons. The highest BCUT2D eigenvalue weighted by atomic mass is 35.5. The maximum absolute atomic E-state index is 12.2. The van der Waals surface area contributed by atoms with E-state index in [-0.39, 0.29) is 29.3 Å². The molecule has 2 amide bonds. The molecule has 2 rings (SSSR count). The first kappa shape index (κ1) is 13.8. The SMILES string of the molecule is CC(C)CC1=C(Cl)C(=O)N(Cc2ccccc2)C1=O. The molecule has 0 atom stereocenters. The fourth-order valence-corrected chi connectivity index (χ4v) is 2.35. The molecule has 1 aliphatic heterocycles. The van der Waals surface area contributed by atoms with Gasteiger partial charge in [0.2, 0.25) is 0 Å². The summed E-state index contributed by atoms with van der Waals surface area (Å²) in [7, 11) is 0. The molecule has 0 spiro atoms. The zero-order valence-corrected chi connectivity index (χ0v) is 11.8. The Labute approximate surface area is 117 Å². The van der Waals surface area contributed by atoms with Crippen LogP contribution in [0.2, 0.25) is 0 Å². The topological polar surface area (TPSA) is 37.4 Å². The third kappa shape index (κ3) is 2.87. The Morgan fingerprint density at radius 3 is 2.32 bits per heavy atom. The summed E-state index contributed by atoms with van der Waals surface area (Å²) in [5, 5.41) is 0.0784. The number of halogens is 1. The van der Waals surface area contributed by atoms with Crippen LogP contribution >= 0.6 is 11.6 Å². The van der Waals surface area contributed by atoms with Gasteiger partial charge in [-0.1, -0.05) is 55.8 Å². The van der Waals surface area contributed by atoms with E-state index in [1.807, 2.05) is 44.2 Å². The van der Waals surface area contributed by atoms with Gasteiger partial charge in [-0.25, -0.2) is 0 Å². The van der Waals surface area contributed by atoms with Gasteiger partial charge in [-0.15, -0.1) is 0 Å². The Morgan fingerprint density at radius 1 is 1.11 bits per heavy atom. The fourth-order valence-electron chi connectivity index (χ4n) is 2.09. The van der Waals surface area contributed by atoms with E-state index in [4.69, 9.17) is 11.6 Å². The molecule has 4 heteroatoms. The maximum atomic E-state index is 12.2. The number of imide groups is 1. The highest BCUT2D eigenvalue weighted by molar-refractivity contribution is 6.47. The lowest BCUT2D eigenvalue weighted by Gasteiger charge is -2.15. The molecule has 1 heterocycles. The molecule has 1 aliphatic rings. The number of carbonyl (C=O) groups is 2. The van der Waals surface area contributed by atoms with Crippen LogP contribution in [0.3, 0.4) is 0 Å². The van der Waals surface area contributed by atoms with Crippen LogP contribution in [-0.4, -0.2) is 16.7 Å². The quantitative estimate of drug-likeness (QED) is 0.793. The van der Waals surface area contributed by atoms with Crippen molar-refractivity contribution in [3.8, 4) is 0 Å². The van der Waals surface area contributed by atoms with Gasteiger partial charge in [-0.2, -0.15) is 0 Å². The number of hydrogen-bond donors (Lipinski definition) is 0. The summed E-state index contributed by atoms with van der Waals surface area (Å²) in [5.74, 6) is -0.351. The molecule has 0 bridgehead atoms. The van der Waals surface area contributed by atoms with E-state index < -0.39 is 0 Å². The smallest absolute Gasteiger partial charge is 0.269 e. The summed E-state index contributed by atoms with van der Waals surface area (Å²) in [4.78, 5) is 25.5. The van der Waals surface area contributed by atoms with Crippen molar-refractivity contribution in [2.24, 2.45) is 5.92 Å². The third-order valence-corrected chi connectivity index (χ3v) is 3.39. The molecule has 100 valence electrons. The molecule has 1 aromatic rings. The first-order chi connectivity index (χ1) is 9.00. The Bertz CT molecular complexity index is 534. The summed E-state index contributed by atoms with van der Waals surface area (Å²) in [6.07, 6.45) is 0.536. The second-order valence-corrected chi connectivity index (χ2v) is 5.45. The molecule has 3 nitrogen and oxygen atoms in total. The van der Waals surface area contributed by atoms with Gasteiger partial charge in [0, 0.05) is 5.57 Å². The van der Waals surface area contributed by atoms with Crippen LogP contribution < -0.4 is 0 Å². The average molecular weight is 278 g/mol. The van der Waals surface area contributed by atoms with Crippen molar-refractivity contribution < 1.29 is 9.59 Å². The van der Waals surface area contributed by atoms with Crippen LogP contribution in [0.25, 0.3) is 0 Å². The monoisotopic (exact) mass is 277 g/mol. The highest BCUT2D eigenvalue weighted by Gasteiger charge is 2.37. The van der Waals surface area contributed by atoms with Gasteiger partial charge >= 0.3 is 0 Å². The molecule has 0 N–H and O–H groups in total. The molecule has 0 saturated heterocycles. The van der Waals surface area contributed by atoms with Crippen molar-refractivity contribution >= 4 is 23.4 Å². The van der Waals surface area contributed by atoms with Crippen LogP contribution in [0.15, 0.2) is 40.9 Å². The first-order valence-corrected chi connectivity index (χ1v) is 6.67.